The van der Waals surface area contributed by atoms with E-state index in [1.54, 1.807) is 6.07 Å². The summed E-state index contributed by atoms with van der Waals surface area (Å²) in [6.07, 6.45) is 0. The number of hydrogen-bond donors (Lipinski definition) is 1. The molecule has 2 atom stereocenters. The first-order chi connectivity index (χ1) is 10.6. The number of rotatable bonds is 3. The predicted molar refractivity (Wildman–Crippen MR) is 86.9 cm³/mol. The van der Waals surface area contributed by atoms with Gasteiger partial charge in [0.1, 0.15) is 0 Å². The van der Waals surface area contributed by atoms with Crippen LogP contribution >= 0.6 is 11.8 Å². The number of nitrogens with zero attached hydrogens (tertiary/aromatic N) is 1. The molecule has 3 rings (SSSR count). The summed E-state index contributed by atoms with van der Waals surface area (Å²) in [6, 6.07) is 14.4. The fourth-order valence-electron chi connectivity index (χ4n) is 2.42. The lowest BCUT2D eigenvalue weighted by Crippen LogP contribution is -2.27. The van der Waals surface area contributed by atoms with Gasteiger partial charge in [0.2, 0.25) is 0 Å². The van der Waals surface area contributed by atoms with E-state index in [4.69, 9.17) is 4.99 Å². The van der Waals surface area contributed by atoms with Crippen LogP contribution in [0.4, 0.5) is 8.78 Å². The first-order valence-electron chi connectivity index (χ1n) is 7.09. The second-order valence-electron chi connectivity index (χ2n) is 5.26. The van der Waals surface area contributed by atoms with Crippen molar-refractivity contribution in [3.05, 3.63) is 71.3 Å². The summed E-state index contributed by atoms with van der Waals surface area (Å²) in [5.74, 6) is -1.07. The SMILES string of the molecule is C[C@H]1NC(SCc2ccc(F)c(F)c2)=N[C@H]1c1ccccc1. The van der Waals surface area contributed by atoms with Crippen molar-refractivity contribution in [3.63, 3.8) is 0 Å². The molecule has 1 heterocycles. The molecule has 114 valence electrons. The molecule has 22 heavy (non-hydrogen) atoms. The van der Waals surface area contributed by atoms with Crippen LogP contribution in [-0.2, 0) is 5.75 Å². The molecule has 0 unspecified atom stereocenters. The molecule has 0 saturated heterocycles. The maximum Gasteiger partial charge on any atom is 0.159 e. The Kier molecular flexibility index (Phi) is 4.43. The zero-order valence-electron chi connectivity index (χ0n) is 12.1. The highest BCUT2D eigenvalue weighted by Crippen LogP contribution is 2.28. The minimum Gasteiger partial charge on any atom is -0.360 e. The van der Waals surface area contributed by atoms with Crippen LogP contribution in [0.2, 0.25) is 0 Å². The third-order valence-electron chi connectivity index (χ3n) is 3.58. The Morgan fingerprint density at radius 3 is 2.59 bits per heavy atom. The zero-order valence-corrected chi connectivity index (χ0v) is 12.9. The fraction of sp³-hybridized carbons (Fsp3) is 0.235. The summed E-state index contributed by atoms with van der Waals surface area (Å²) in [6.45, 7) is 2.09. The highest BCUT2D eigenvalue weighted by Gasteiger charge is 2.26. The van der Waals surface area contributed by atoms with Gasteiger partial charge in [-0.1, -0.05) is 48.2 Å². The molecule has 0 aliphatic carbocycles. The minimum absolute atomic E-state index is 0.0913. The molecular formula is C17H16F2N2S. The molecule has 0 radical (unpaired) electrons. The van der Waals surface area contributed by atoms with Gasteiger partial charge in [0.25, 0.3) is 0 Å². The van der Waals surface area contributed by atoms with E-state index >= 15 is 0 Å². The van der Waals surface area contributed by atoms with E-state index in [2.05, 4.69) is 24.4 Å². The molecule has 0 amide bonds. The maximum absolute atomic E-state index is 13.2. The van der Waals surface area contributed by atoms with Crippen LogP contribution in [0.5, 0.6) is 0 Å². The average Bonchev–Trinajstić information content (AvgIpc) is 2.90. The van der Waals surface area contributed by atoms with Gasteiger partial charge in [-0.25, -0.2) is 8.78 Å². The van der Waals surface area contributed by atoms with Crippen molar-refractivity contribution in [2.24, 2.45) is 4.99 Å². The van der Waals surface area contributed by atoms with Gasteiger partial charge in [-0.3, -0.25) is 4.99 Å². The summed E-state index contributed by atoms with van der Waals surface area (Å²) in [5.41, 5.74) is 1.91. The molecule has 2 aromatic carbocycles. The van der Waals surface area contributed by atoms with E-state index in [9.17, 15) is 8.78 Å². The van der Waals surface area contributed by atoms with Crippen LogP contribution in [-0.4, -0.2) is 11.2 Å². The summed E-state index contributed by atoms with van der Waals surface area (Å²) in [5, 5.41) is 4.18. The first-order valence-corrected chi connectivity index (χ1v) is 8.08. The van der Waals surface area contributed by atoms with Crippen molar-refractivity contribution in [3.8, 4) is 0 Å². The van der Waals surface area contributed by atoms with Crippen LogP contribution in [0.15, 0.2) is 53.5 Å². The molecule has 1 N–H and O–H groups in total. The number of benzene rings is 2. The average molecular weight is 318 g/mol. The van der Waals surface area contributed by atoms with E-state index in [1.165, 1.54) is 23.4 Å². The number of hydrogen-bond acceptors (Lipinski definition) is 3. The molecule has 1 aliphatic rings. The standard InChI is InChI=1S/C17H16F2N2S/c1-11-16(13-5-3-2-4-6-13)21-17(20-11)22-10-12-7-8-14(18)15(19)9-12/h2-9,11,16H,10H2,1H3,(H,20,21)/t11-,16-/m1/s1. The van der Waals surface area contributed by atoms with Crippen LogP contribution < -0.4 is 5.32 Å². The van der Waals surface area contributed by atoms with Gasteiger partial charge in [-0.2, -0.15) is 0 Å². The van der Waals surface area contributed by atoms with E-state index in [0.29, 0.717) is 5.75 Å². The van der Waals surface area contributed by atoms with Gasteiger partial charge in [0, 0.05) is 5.75 Å². The van der Waals surface area contributed by atoms with Crippen LogP contribution in [0.1, 0.15) is 24.1 Å². The topological polar surface area (TPSA) is 24.4 Å². The van der Waals surface area contributed by atoms with E-state index in [1.807, 2.05) is 18.2 Å². The number of thioether (sulfide) groups is 1. The predicted octanol–water partition coefficient (Wildman–Crippen LogP) is 4.29. The third-order valence-corrected chi connectivity index (χ3v) is 4.56. The monoisotopic (exact) mass is 318 g/mol. The number of halogens is 2. The van der Waals surface area contributed by atoms with Gasteiger partial charge in [0.05, 0.1) is 12.1 Å². The molecule has 0 aromatic heterocycles. The first kappa shape index (κ1) is 15.0. The van der Waals surface area contributed by atoms with Gasteiger partial charge in [-0.15, -0.1) is 0 Å². The summed E-state index contributed by atoms with van der Waals surface area (Å²) < 4.78 is 26.1. The van der Waals surface area contributed by atoms with Gasteiger partial charge < -0.3 is 5.32 Å². The smallest absolute Gasteiger partial charge is 0.159 e. The molecular weight excluding hydrogens is 302 g/mol. The van der Waals surface area contributed by atoms with Crippen LogP contribution in [0, 0.1) is 11.6 Å². The molecule has 0 fully saturated rings. The van der Waals surface area contributed by atoms with Crippen LogP contribution in [0.25, 0.3) is 0 Å². The zero-order chi connectivity index (χ0) is 15.5. The van der Waals surface area contributed by atoms with Gasteiger partial charge in [-0.05, 0) is 30.2 Å². The molecule has 0 saturated carbocycles. The van der Waals surface area contributed by atoms with Gasteiger partial charge in [0.15, 0.2) is 16.8 Å². The highest BCUT2D eigenvalue weighted by atomic mass is 32.2. The Morgan fingerprint density at radius 1 is 1.09 bits per heavy atom. The molecule has 2 aromatic rings. The Morgan fingerprint density at radius 2 is 1.86 bits per heavy atom. The minimum atomic E-state index is -0.817. The van der Waals surface area contributed by atoms with Gasteiger partial charge >= 0.3 is 0 Å². The fourth-order valence-corrected chi connectivity index (χ4v) is 3.36. The van der Waals surface area contributed by atoms with E-state index < -0.39 is 11.6 Å². The van der Waals surface area contributed by atoms with E-state index in [-0.39, 0.29) is 12.1 Å². The Labute approximate surface area is 132 Å². The lowest BCUT2D eigenvalue weighted by Gasteiger charge is -2.13. The maximum atomic E-state index is 13.2. The Hall–Kier alpha value is -1.88. The Bertz CT molecular complexity index is 688. The molecule has 2 nitrogen and oxygen atoms in total. The lowest BCUT2D eigenvalue weighted by atomic mass is 10.0. The molecule has 0 spiro atoms. The van der Waals surface area contributed by atoms with Crippen molar-refractivity contribution < 1.29 is 8.78 Å². The molecule has 0 bridgehead atoms. The molecule has 5 heteroatoms. The number of amidine groups is 1. The van der Waals surface area contributed by atoms with Crippen molar-refractivity contribution >= 4 is 16.9 Å². The number of aliphatic imine (C=N–C) groups is 1. The van der Waals surface area contributed by atoms with E-state index in [0.717, 1.165) is 16.8 Å². The van der Waals surface area contributed by atoms with Crippen molar-refractivity contribution in [1.29, 1.82) is 0 Å². The Balaban J connectivity index is 1.67. The summed E-state index contributed by atoms with van der Waals surface area (Å²) in [4.78, 5) is 4.70. The molecule has 1 aliphatic heterocycles. The normalized spacial score (nSPS) is 20.6. The second-order valence-corrected chi connectivity index (χ2v) is 6.22. The second kappa shape index (κ2) is 6.48. The summed E-state index contributed by atoms with van der Waals surface area (Å²) in [7, 11) is 0. The van der Waals surface area contributed by atoms with Crippen LogP contribution in [0.3, 0.4) is 0 Å². The van der Waals surface area contributed by atoms with Crippen molar-refractivity contribution in [1.82, 2.24) is 5.32 Å². The quantitative estimate of drug-likeness (QED) is 0.913. The highest BCUT2D eigenvalue weighted by molar-refractivity contribution is 8.13. The largest absolute Gasteiger partial charge is 0.360 e. The van der Waals surface area contributed by atoms with Crippen molar-refractivity contribution in [2.45, 2.75) is 24.8 Å². The number of nitrogens with one attached hydrogen (secondary N) is 1. The lowest BCUT2D eigenvalue weighted by molar-refractivity contribution is 0.507. The third kappa shape index (κ3) is 3.30. The summed E-state index contributed by atoms with van der Waals surface area (Å²) >= 11 is 1.50. The van der Waals surface area contributed by atoms with Crippen molar-refractivity contribution in [2.75, 3.05) is 0 Å².